The summed E-state index contributed by atoms with van der Waals surface area (Å²) in [6.07, 6.45) is 2.74. The molecule has 3 heterocycles. The summed E-state index contributed by atoms with van der Waals surface area (Å²) in [6.45, 7) is 10.2. The quantitative estimate of drug-likeness (QED) is 0.509. The first-order valence-electron chi connectivity index (χ1n) is 12.7. The van der Waals surface area contributed by atoms with Gasteiger partial charge in [-0.3, -0.25) is 14.4 Å². The van der Waals surface area contributed by atoms with Crippen molar-refractivity contribution >= 4 is 29.5 Å². The van der Waals surface area contributed by atoms with Gasteiger partial charge in [0.1, 0.15) is 6.04 Å². The van der Waals surface area contributed by atoms with E-state index in [0.717, 1.165) is 18.4 Å². The van der Waals surface area contributed by atoms with E-state index in [1.54, 1.807) is 16.7 Å². The van der Waals surface area contributed by atoms with Crippen LogP contribution in [0.15, 0.2) is 30.3 Å². The van der Waals surface area contributed by atoms with E-state index in [1.807, 2.05) is 58.0 Å². The van der Waals surface area contributed by atoms with Crippen molar-refractivity contribution in [3.8, 4) is 0 Å². The molecule has 1 spiro atoms. The molecule has 3 aliphatic rings. The third-order valence-electron chi connectivity index (χ3n) is 7.71. The van der Waals surface area contributed by atoms with Crippen LogP contribution in [0, 0.1) is 11.8 Å². The Morgan fingerprint density at radius 2 is 1.89 bits per heavy atom. The summed E-state index contributed by atoms with van der Waals surface area (Å²) in [5, 5.41) is 16.6. The van der Waals surface area contributed by atoms with Gasteiger partial charge in [0.2, 0.25) is 17.7 Å². The maximum Gasteiger partial charge on any atom is 0.244 e. The molecule has 0 radical (unpaired) electrons. The van der Waals surface area contributed by atoms with Gasteiger partial charge in [0.15, 0.2) is 0 Å². The van der Waals surface area contributed by atoms with Crippen LogP contribution in [-0.4, -0.2) is 68.0 Å². The molecule has 1 aromatic carbocycles. The molecule has 3 N–H and O–H groups in total. The van der Waals surface area contributed by atoms with Gasteiger partial charge in [-0.1, -0.05) is 37.3 Å². The largest absolute Gasteiger partial charge is 0.394 e. The zero-order valence-corrected chi connectivity index (χ0v) is 22.3. The number of aliphatic hydroxyl groups excluding tert-OH is 1. The minimum Gasteiger partial charge on any atom is -0.394 e. The Morgan fingerprint density at radius 3 is 2.49 bits per heavy atom. The predicted molar refractivity (Wildman–Crippen MR) is 138 cm³/mol. The van der Waals surface area contributed by atoms with Gasteiger partial charge in [0.25, 0.3) is 0 Å². The third kappa shape index (κ3) is 4.48. The second-order valence-electron chi connectivity index (χ2n) is 11.5. The lowest BCUT2D eigenvalue weighted by molar-refractivity contribution is -0.143. The summed E-state index contributed by atoms with van der Waals surface area (Å²) in [7, 11) is 0. The monoisotopic (exact) mass is 501 g/mol. The van der Waals surface area contributed by atoms with Crippen LogP contribution in [-0.2, 0) is 20.8 Å². The molecule has 3 fully saturated rings. The molecule has 35 heavy (non-hydrogen) atoms. The zero-order valence-electron chi connectivity index (χ0n) is 21.5. The highest BCUT2D eigenvalue weighted by Crippen LogP contribution is 2.71. The average Bonchev–Trinajstić information content (AvgIpc) is 3.36. The standard InChI is InChI=1S/C27H39N3O4S/c1-6-14-28-22(32)19-20-24(34)30(18(16-31)15-17-10-8-7-9-11-17)21(23(33)29-25(2,3)4)27(20)13-12-26(19,5)35-27/h7-11,18-21,31H,6,12-16H2,1-5H3,(H,28,32)(H,29,33)/t18-,19-,20+,21?,26+,27?/m1/s1. The zero-order chi connectivity index (χ0) is 25.6. The smallest absolute Gasteiger partial charge is 0.244 e. The number of nitrogens with one attached hydrogen (secondary N) is 2. The molecule has 3 amide bonds. The van der Waals surface area contributed by atoms with Crippen LogP contribution < -0.4 is 10.6 Å². The van der Waals surface area contributed by atoms with Crippen LogP contribution in [0.5, 0.6) is 0 Å². The van der Waals surface area contributed by atoms with Crippen LogP contribution in [0.25, 0.3) is 0 Å². The van der Waals surface area contributed by atoms with Crippen LogP contribution in [0.2, 0.25) is 0 Å². The van der Waals surface area contributed by atoms with Crippen molar-refractivity contribution in [1.82, 2.24) is 15.5 Å². The van der Waals surface area contributed by atoms with Crippen molar-refractivity contribution in [2.45, 2.75) is 87.4 Å². The number of nitrogens with zero attached hydrogens (tertiary/aromatic N) is 1. The van der Waals surface area contributed by atoms with Crippen molar-refractivity contribution in [1.29, 1.82) is 0 Å². The topological polar surface area (TPSA) is 98.7 Å². The lowest BCUT2D eigenvalue weighted by atomic mass is 9.66. The molecule has 2 unspecified atom stereocenters. The first-order chi connectivity index (χ1) is 16.5. The van der Waals surface area contributed by atoms with Gasteiger partial charge < -0.3 is 20.6 Å². The highest BCUT2D eigenvalue weighted by atomic mass is 32.2. The molecular formula is C27H39N3O4S. The maximum absolute atomic E-state index is 14.2. The van der Waals surface area contributed by atoms with Crippen molar-refractivity contribution in [3.05, 3.63) is 35.9 Å². The molecule has 6 atom stereocenters. The van der Waals surface area contributed by atoms with E-state index in [2.05, 4.69) is 17.6 Å². The number of likely N-dealkylation sites (tertiary alicyclic amines) is 1. The van der Waals surface area contributed by atoms with E-state index in [0.29, 0.717) is 19.4 Å². The van der Waals surface area contributed by atoms with Crippen LogP contribution in [0.3, 0.4) is 0 Å². The number of amides is 3. The van der Waals surface area contributed by atoms with Gasteiger partial charge in [-0.25, -0.2) is 0 Å². The molecule has 0 saturated carbocycles. The van der Waals surface area contributed by atoms with Gasteiger partial charge in [0.05, 0.1) is 29.2 Å². The first-order valence-corrected chi connectivity index (χ1v) is 13.6. The Morgan fingerprint density at radius 1 is 1.20 bits per heavy atom. The van der Waals surface area contributed by atoms with E-state index in [-0.39, 0.29) is 24.3 Å². The SMILES string of the molecule is CCCNC(=O)[C@H]1[C@H]2C(=O)N([C@@H](CO)Cc3ccccc3)C(C(=O)NC(C)(C)C)C23CC[C@]1(C)S3. The fourth-order valence-corrected chi connectivity index (χ4v) is 8.73. The highest BCUT2D eigenvalue weighted by Gasteiger charge is 2.77. The van der Waals surface area contributed by atoms with Crippen molar-refractivity contribution in [2.75, 3.05) is 13.2 Å². The second kappa shape index (κ2) is 9.43. The van der Waals surface area contributed by atoms with E-state index >= 15 is 0 Å². The number of carbonyl (C=O) groups excluding carboxylic acids is 3. The fraction of sp³-hybridized carbons (Fsp3) is 0.667. The lowest BCUT2D eigenvalue weighted by Crippen LogP contribution is -2.59. The summed E-state index contributed by atoms with van der Waals surface area (Å²) in [5.74, 6) is -1.55. The first kappa shape index (κ1) is 26.0. The molecule has 3 aliphatic heterocycles. The number of hydrogen-bond donors (Lipinski definition) is 3. The van der Waals surface area contributed by atoms with Gasteiger partial charge in [0, 0.05) is 16.8 Å². The van der Waals surface area contributed by atoms with E-state index in [4.69, 9.17) is 0 Å². The highest BCUT2D eigenvalue weighted by molar-refractivity contribution is 8.02. The van der Waals surface area contributed by atoms with Crippen LogP contribution >= 0.6 is 11.8 Å². The maximum atomic E-state index is 14.2. The summed E-state index contributed by atoms with van der Waals surface area (Å²) in [4.78, 5) is 43.1. The lowest BCUT2D eigenvalue weighted by Gasteiger charge is -2.38. The van der Waals surface area contributed by atoms with Gasteiger partial charge >= 0.3 is 0 Å². The van der Waals surface area contributed by atoms with Gasteiger partial charge in [-0.15, -0.1) is 11.8 Å². The van der Waals surface area contributed by atoms with Crippen LogP contribution in [0.4, 0.5) is 0 Å². The van der Waals surface area contributed by atoms with Crippen molar-refractivity contribution in [3.63, 3.8) is 0 Å². The summed E-state index contributed by atoms with van der Waals surface area (Å²) < 4.78 is -1.07. The van der Waals surface area contributed by atoms with Crippen molar-refractivity contribution < 1.29 is 19.5 Å². The Hall–Kier alpha value is -2.06. The molecular weight excluding hydrogens is 462 g/mol. The number of carbonyl (C=O) groups is 3. The molecule has 192 valence electrons. The Kier molecular flexibility index (Phi) is 7.01. The second-order valence-corrected chi connectivity index (χ2v) is 13.4. The summed E-state index contributed by atoms with van der Waals surface area (Å²) >= 11 is 1.66. The molecule has 4 rings (SSSR count). The third-order valence-corrected chi connectivity index (χ3v) is 9.70. The number of benzene rings is 1. The number of fused-ring (bicyclic) bond motifs is 1. The summed E-state index contributed by atoms with van der Waals surface area (Å²) in [6, 6.07) is 8.43. The normalized spacial score (nSPS) is 32.5. The fourth-order valence-electron chi connectivity index (χ4n) is 6.39. The van der Waals surface area contributed by atoms with E-state index < -0.39 is 39.0 Å². The number of thioether (sulfide) groups is 1. The van der Waals surface area contributed by atoms with Crippen LogP contribution in [0.1, 0.15) is 59.4 Å². The minimum atomic E-state index is -0.740. The molecule has 8 heteroatoms. The molecule has 3 saturated heterocycles. The average molecular weight is 502 g/mol. The van der Waals surface area contributed by atoms with Gasteiger partial charge in [-0.05, 0) is 58.9 Å². The van der Waals surface area contributed by atoms with Gasteiger partial charge in [-0.2, -0.15) is 0 Å². The van der Waals surface area contributed by atoms with E-state index in [9.17, 15) is 19.5 Å². The Labute approximate surface area is 212 Å². The summed E-state index contributed by atoms with van der Waals surface area (Å²) in [5.41, 5.74) is 0.516. The molecule has 7 nitrogen and oxygen atoms in total. The number of rotatable bonds is 8. The molecule has 1 aromatic rings. The Balaban J connectivity index is 1.77. The predicted octanol–water partition coefficient (Wildman–Crippen LogP) is 2.51. The van der Waals surface area contributed by atoms with E-state index in [1.165, 1.54) is 0 Å². The van der Waals surface area contributed by atoms with Crippen molar-refractivity contribution in [2.24, 2.45) is 11.8 Å². The number of hydrogen-bond acceptors (Lipinski definition) is 5. The Bertz CT molecular complexity index is 980. The number of aliphatic hydroxyl groups is 1. The molecule has 0 aromatic heterocycles. The molecule has 0 aliphatic carbocycles. The minimum absolute atomic E-state index is 0.0952. The molecule has 2 bridgehead atoms.